The molecule has 0 radical (unpaired) electrons. The van der Waals surface area contributed by atoms with Crippen LogP contribution in [0.15, 0.2) is 89.8 Å². The van der Waals surface area contributed by atoms with E-state index in [2.05, 4.69) is 10.0 Å². The fraction of sp³-hybridized carbons (Fsp3) is 0. The van der Waals surface area contributed by atoms with E-state index in [0.29, 0.717) is 16.9 Å². The standard InChI is InChI=1S/C21H17FN2O3S/c22-17-7-4-6-16(14-17)12-13-21(25)23-18-8-5-9-19(15-18)24-28(26,27)20-10-2-1-3-11-20/h1-15,24H,(H,23,25)/b13-12+. The maximum absolute atomic E-state index is 13.2. The highest BCUT2D eigenvalue weighted by molar-refractivity contribution is 7.92. The van der Waals surface area contributed by atoms with Gasteiger partial charge in [-0.25, -0.2) is 12.8 Å². The Balaban J connectivity index is 1.69. The number of halogens is 1. The minimum Gasteiger partial charge on any atom is -0.322 e. The highest BCUT2D eigenvalue weighted by atomic mass is 32.2. The molecule has 0 saturated heterocycles. The van der Waals surface area contributed by atoms with E-state index in [1.54, 1.807) is 48.5 Å². The van der Waals surface area contributed by atoms with E-state index in [1.807, 2.05) is 0 Å². The Morgan fingerprint density at radius 1 is 0.857 bits per heavy atom. The summed E-state index contributed by atoms with van der Waals surface area (Å²) in [5.41, 5.74) is 1.29. The van der Waals surface area contributed by atoms with Gasteiger partial charge in [-0.3, -0.25) is 9.52 Å². The van der Waals surface area contributed by atoms with Crippen LogP contribution in [0.3, 0.4) is 0 Å². The van der Waals surface area contributed by atoms with Crippen LogP contribution in [0.25, 0.3) is 6.08 Å². The molecule has 3 aromatic rings. The van der Waals surface area contributed by atoms with Gasteiger partial charge in [-0.15, -0.1) is 0 Å². The number of hydrogen-bond acceptors (Lipinski definition) is 3. The van der Waals surface area contributed by atoms with Crippen molar-refractivity contribution in [3.63, 3.8) is 0 Å². The summed E-state index contributed by atoms with van der Waals surface area (Å²) in [5.74, 6) is -0.812. The van der Waals surface area contributed by atoms with Crippen LogP contribution in [0.1, 0.15) is 5.56 Å². The number of anilines is 2. The van der Waals surface area contributed by atoms with Gasteiger partial charge in [0.25, 0.3) is 10.0 Å². The molecule has 7 heteroatoms. The zero-order chi connectivity index (χ0) is 20.0. The molecule has 2 N–H and O–H groups in total. The van der Waals surface area contributed by atoms with Crippen molar-refractivity contribution in [2.75, 3.05) is 10.0 Å². The maximum Gasteiger partial charge on any atom is 0.261 e. The lowest BCUT2D eigenvalue weighted by Gasteiger charge is -2.10. The Morgan fingerprint density at radius 2 is 1.57 bits per heavy atom. The molecule has 0 atom stereocenters. The van der Waals surface area contributed by atoms with E-state index in [4.69, 9.17) is 0 Å². The third-order valence-corrected chi connectivity index (χ3v) is 5.11. The number of rotatable bonds is 6. The van der Waals surface area contributed by atoms with Crippen molar-refractivity contribution in [1.82, 2.24) is 0 Å². The van der Waals surface area contributed by atoms with E-state index < -0.39 is 15.9 Å². The zero-order valence-corrected chi connectivity index (χ0v) is 15.5. The van der Waals surface area contributed by atoms with Crippen LogP contribution in [-0.2, 0) is 14.8 Å². The number of sulfonamides is 1. The van der Waals surface area contributed by atoms with Crippen LogP contribution in [0.2, 0.25) is 0 Å². The first-order chi connectivity index (χ1) is 13.4. The lowest BCUT2D eigenvalue weighted by atomic mass is 10.2. The predicted molar refractivity (Wildman–Crippen MR) is 108 cm³/mol. The first-order valence-electron chi connectivity index (χ1n) is 8.35. The molecule has 0 aliphatic heterocycles. The molecule has 3 rings (SSSR count). The van der Waals surface area contributed by atoms with Crippen molar-refractivity contribution in [1.29, 1.82) is 0 Å². The van der Waals surface area contributed by atoms with Gasteiger partial charge in [0, 0.05) is 11.8 Å². The molecule has 28 heavy (non-hydrogen) atoms. The molecule has 0 spiro atoms. The lowest BCUT2D eigenvalue weighted by Crippen LogP contribution is -2.13. The summed E-state index contributed by atoms with van der Waals surface area (Å²) < 4.78 is 40.4. The molecule has 0 fully saturated rings. The van der Waals surface area contributed by atoms with Crippen molar-refractivity contribution in [3.8, 4) is 0 Å². The Labute approximate surface area is 162 Å². The third kappa shape index (κ3) is 5.28. The molecule has 0 aromatic heterocycles. The highest BCUT2D eigenvalue weighted by Crippen LogP contribution is 2.19. The maximum atomic E-state index is 13.2. The summed E-state index contributed by atoms with van der Waals surface area (Å²) in [7, 11) is -3.72. The summed E-state index contributed by atoms with van der Waals surface area (Å²) in [4.78, 5) is 12.2. The fourth-order valence-corrected chi connectivity index (χ4v) is 3.51. The molecule has 142 valence electrons. The van der Waals surface area contributed by atoms with Gasteiger partial charge in [0.2, 0.25) is 5.91 Å². The second-order valence-corrected chi connectivity index (χ2v) is 7.56. The summed E-state index contributed by atoms with van der Waals surface area (Å²) in [6.45, 7) is 0. The van der Waals surface area contributed by atoms with Crippen molar-refractivity contribution in [2.24, 2.45) is 0 Å². The fourth-order valence-electron chi connectivity index (χ4n) is 2.44. The summed E-state index contributed by atoms with van der Waals surface area (Å²) in [5, 5.41) is 2.64. The minimum absolute atomic E-state index is 0.141. The predicted octanol–water partition coefficient (Wildman–Crippen LogP) is 4.28. The molecular formula is C21H17FN2O3S. The Bertz CT molecular complexity index is 1110. The average Bonchev–Trinajstić information content (AvgIpc) is 2.67. The first-order valence-corrected chi connectivity index (χ1v) is 9.83. The third-order valence-electron chi connectivity index (χ3n) is 3.71. The second kappa shape index (κ2) is 8.49. The summed E-state index contributed by atoms with van der Waals surface area (Å²) in [6, 6.07) is 20.2. The Kier molecular flexibility index (Phi) is 5.86. The van der Waals surface area contributed by atoms with Crippen LogP contribution in [-0.4, -0.2) is 14.3 Å². The van der Waals surface area contributed by atoms with Crippen LogP contribution < -0.4 is 10.0 Å². The molecule has 1 amide bonds. The van der Waals surface area contributed by atoms with E-state index in [1.165, 1.54) is 42.5 Å². The van der Waals surface area contributed by atoms with Gasteiger partial charge in [0.1, 0.15) is 5.82 Å². The average molecular weight is 396 g/mol. The number of carbonyl (C=O) groups is 1. The molecule has 0 aliphatic carbocycles. The van der Waals surface area contributed by atoms with E-state index in [-0.39, 0.29) is 10.7 Å². The molecule has 5 nitrogen and oxygen atoms in total. The van der Waals surface area contributed by atoms with Gasteiger partial charge in [-0.1, -0.05) is 36.4 Å². The Morgan fingerprint density at radius 3 is 2.32 bits per heavy atom. The van der Waals surface area contributed by atoms with E-state index in [0.717, 1.165) is 0 Å². The smallest absolute Gasteiger partial charge is 0.261 e. The monoisotopic (exact) mass is 396 g/mol. The van der Waals surface area contributed by atoms with Crippen LogP contribution in [0.5, 0.6) is 0 Å². The SMILES string of the molecule is O=C(/C=C/c1cccc(F)c1)Nc1cccc(NS(=O)(=O)c2ccccc2)c1. The number of benzene rings is 3. The van der Waals surface area contributed by atoms with Gasteiger partial charge >= 0.3 is 0 Å². The molecule has 0 unspecified atom stereocenters. The van der Waals surface area contributed by atoms with Gasteiger partial charge in [-0.05, 0) is 54.1 Å². The van der Waals surface area contributed by atoms with Gasteiger partial charge in [0.05, 0.1) is 10.6 Å². The minimum atomic E-state index is -3.72. The molecule has 3 aromatic carbocycles. The highest BCUT2D eigenvalue weighted by Gasteiger charge is 2.13. The lowest BCUT2D eigenvalue weighted by molar-refractivity contribution is -0.111. The topological polar surface area (TPSA) is 75.3 Å². The first kappa shape index (κ1) is 19.3. The number of amides is 1. The normalized spacial score (nSPS) is 11.3. The zero-order valence-electron chi connectivity index (χ0n) is 14.7. The largest absolute Gasteiger partial charge is 0.322 e. The molecule has 0 heterocycles. The number of nitrogens with one attached hydrogen (secondary N) is 2. The second-order valence-electron chi connectivity index (χ2n) is 5.88. The number of carbonyl (C=O) groups excluding carboxylic acids is 1. The molecule has 0 saturated carbocycles. The van der Waals surface area contributed by atoms with E-state index >= 15 is 0 Å². The summed E-state index contributed by atoms with van der Waals surface area (Å²) >= 11 is 0. The summed E-state index contributed by atoms with van der Waals surface area (Å²) in [6.07, 6.45) is 2.76. The van der Waals surface area contributed by atoms with Gasteiger partial charge in [-0.2, -0.15) is 0 Å². The van der Waals surface area contributed by atoms with Crippen LogP contribution >= 0.6 is 0 Å². The number of hydrogen-bond donors (Lipinski definition) is 2. The van der Waals surface area contributed by atoms with Crippen molar-refractivity contribution in [3.05, 3.63) is 96.3 Å². The molecular weight excluding hydrogens is 379 g/mol. The Hall–Kier alpha value is -3.45. The van der Waals surface area contributed by atoms with Gasteiger partial charge < -0.3 is 5.32 Å². The molecule has 0 bridgehead atoms. The van der Waals surface area contributed by atoms with Crippen LogP contribution in [0.4, 0.5) is 15.8 Å². The quantitative estimate of drug-likeness (QED) is 0.611. The van der Waals surface area contributed by atoms with E-state index in [9.17, 15) is 17.6 Å². The van der Waals surface area contributed by atoms with Crippen molar-refractivity contribution in [2.45, 2.75) is 4.90 Å². The van der Waals surface area contributed by atoms with Crippen molar-refractivity contribution < 1.29 is 17.6 Å². The van der Waals surface area contributed by atoms with Crippen LogP contribution in [0, 0.1) is 5.82 Å². The molecule has 0 aliphatic rings. The van der Waals surface area contributed by atoms with Gasteiger partial charge in [0.15, 0.2) is 0 Å². The van der Waals surface area contributed by atoms with Crippen molar-refractivity contribution >= 4 is 33.4 Å².